The molecule has 2 aliphatic rings. The average molecular weight is 455 g/mol. The van der Waals surface area contributed by atoms with Crippen molar-refractivity contribution < 1.29 is 0 Å². The van der Waals surface area contributed by atoms with Crippen LogP contribution in [0.25, 0.3) is 22.7 Å². The second-order valence-electron chi connectivity index (χ2n) is 9.32. The third-order valence-corrected chi connectivity index (χ3v) is 7.26. The van der Waals surface area contributed by atoms with Gasteiger partial charge in [-0.25, -0.2) is 4.98 Å². The van der Waals surface area contributed by atoms with Crippen LogP contribution < -0.4 is 10.2 Å². The zero-order valence-corrected chi connectivity index (χ0v) is 19.6. The Morgan fingerprint density at radius 2 is 1.66 bits per heavy atom. The summed E-state index contributed by atoms with van der Waals surface area (Å²) in [7, 11) is 0. The Labute approximate surface area is 205 Å². The van der Waals surface area contributed by atoms with E-state index >= 15 is 0 Å². The standard InChI is InChI=1S/C31H26N4/c1-21-19-20-32-31-29(21)33-30(35(31)23-9-3-2-4-10-23)22-15-17-24(18-16-22)34-27-13-7-5-11-25(27)26-12-6-8-14-28(26)34/h2-7,9-13,15-20,30,33H,8,14H2,1H3. The minimum atomic E-state index is -0.0201. The topological polar surface area (TPSA) is 33.1 Å². The summed E-state index contributed by atoms with van der Waals surface area (Å²) in [6.07, 6.45) is 8.61. The van der Waals surface area contributed by atoms with E-state index in [1.807, 2.05) is 6.20 Å². The summed E-state index contributed by atoms with van der Waals surface area (Å²) in [5.74, 6) is 0.975. The molecule has 4 heteroatoms. The fraction of sp³-hybridized carbons (Fsp3) is 0.129. The van der Waals surface area contributed by atoms with Crippen molar-refractivity contribution in [2.75, 3.05) is 10.2 Å². The summed E-state index contributed by atoms with van der Waals surface area (Å²) in [6.45, 7) is 2.14. The second kappa shape index (κ2) is 7.88. The van der Waals surface area contributed by atoms with Crippen LogP contribution in [0.5, 0.6) is 0 Å². The van der Waals surface area contributed by atoms with Crippen LogP contribution in [0.3, 0.4) is 0 Å². The number of hydrogen-bond acceptors (Lipinski definition) is 3. The molecule has 35 heavy (non-hydrogen) atoms. The van der Waals surface area contributed by atoms with E-state index < -0.39 is 0 Å². The van der Waals surface area contributed by atoms with Crippen molar-refractivity contribution in [2.45, 2.75) is 25.9 Å². The van der Waals surface area contributed by atoms with Crippen LogP contribution in [0, 0.1) is 6.92 Å². The van der Waals surface area contributed by atoms with Crippen molar-refractivity contribution in [3.63, 3.8) is 0 Å². The van der Waals surface area contributed by atoms with Crippen molar-refractivity contribution in [1.82, 2.24) is 9.55 Å². The van der Waals surface area contributed by atoms with Crippen LogP contribution in [-0.4, -0.2) is 9.55 Å². The van der Waals surface area contributed by atoms with Gasteiger partial charge in [-0.05, 0) is 67.3 Å². The molecule has 0 radical (unpaired) electrons. The fourth-order valence-corrected chi connectivity index (χ4v) is 5.59. The molecule has 1 unspecified atom stereocenters. The Kier molecular flexibility index (Phi) is 4.52. The molecule has 0 amide bonds. The molecule has 2 aromatic heterocycles. The van der Waals surface area contributed by atoms with Gasteiger partial charge < -0.3 is 9.88 Å². The highest BCUT2D eigenvalue weighted by atomic mass is 15.4. The largest absolute Gasteiger partial charge is 0.358 e. The Balaban J connectivity index is 1.33. The summed E-state index contributed by atoms with van der Waals surface area (Å²) < 4.78 is 2.44. The van der Waals surface area contributed by atoms with E-state index in [2.05, 4.69) is 119 Å². The van der Waals surface area contributed by atoms with Crippen molar-refractivity contribution in [1.29, 1.82) is 0 Å². The normalized spacial score (nSPS) is 16.3. The first kappa shape index (κ1) is 20.1. The first-order chi connectivity index (χ1) is 17.3. The quantitative estimate of drug-likeness (QED) is 0.305. The van der Waals surface area contributed by atoms with Crippen molar-refractivity contribution in [2.24, 2.45) is 0 Å². The van der Waals surface area contributed by atoms with E-state index in [-0.39, 0.29) is 6.17 Å². The van der Waals surface area contributed by atoms with Crippen molar-refractivity contribution >= 4 is 34.2 Å². The van der Waals surface area contributed by atoms with E-state index in [0.29, 0.717) is 0 Å². The summed E-state index contributed by atoms with van der Waals surface area (Å²) in [5.41, 5.74) is 9.88. The molecule has 1 atom stereocenters. The summed E-state index contributed by atoms with van der Waals surface area (Å²) in [4.78, 5) is 7.05. The molecular weight excluding hydrogens is 428 g/mol. The molecule has 3 aromatic carbocycles. The van der Waals surface area contributed by atoms with Gasteiger partial charge in [0, 0.05) is 34.2 Å². The van der Waals surface area contributed by atoms with Gasteiger partial charge in [-0.15, -0.1) is 0 Å². The third-order valence-electron chi connectivity index (χ3n) is 7.26. The van der Waals surface area contributed by atoms with Gasteiger partial charge >= 0.3 is 0 Å². The number of aryl methyl sites for hydroxylation is 1. The monoisotopic (exact) mass is 454 g/mol. The summed E-state index contributed by atoms with van der Waals surface area (Å²) >= 11 is 0. The van der Waals surface area contributed by atoms with Gasteiger partial charge in [0.1, 0.15) is 6.17 Å². The van der Waals surface area contributed by atoms with Crippen LogP contribution in [0.15, 0.2) is 97.2 Å². The molecule has 170 valence electrons. The molecule has 0 fully saturated rings. The number of pyridine rings is 1. The SMILES string of the molecule is Cc1ccnc2c1NC(c1ccc(-n3c4c(c5ccccc53)C=CCC4)cc1)N2c1ccccc1. The fourth-order valence-electron chi connectivity index (χ4n) is 5.59. The van der Waals surface area contributed by atoms with E-state index in [9.17, 15) is 0 Å². The van der Waals surface area contributed by atoms with E-state index in [0.717, 1.165) is 30.0 Å². The number of nitrogens with one attached hydrogen (secondary N) is 1. The van der Waals surface area contributed by atoms with Crippen LogP contribution >= 0.6 is 0 Å². The molecular formula is C31H26N4. The molecule has 1 aliphatic carbocycles. The molecule has 7 rings (SSSR count). The lowest BCUT2D eigenvalue weighted by atomic mass is 10.0. The Morgan fingerprint density at radius 1 is 0.857 bits per heavy atom. The maximum absolute atomic E-state index is 4.75. The maximum atomic E-state index is 4.75. The van der Waals surface area contributed by atoms with Gasteiger partial charge in [0.25, 0.3) is 0 Å². The molecule has 0 spiro atoms. The number of fused-ring (bicyclic) bond motifs is 4. The number of para-hydroxylation sites is 2. The third kappa shape index (κ3) is 3.10. The van der Waals surface area contributed by atoms with E-state index in [4.69, 9.17) is 4.98 Å². The second-order valence-corrected chi connectivity index (χ2v) is 9.32. The van der Waals surface area contributed by atoms with E-state index in [1.165, 1.54) is 39.0 Å². The minimum Gasteiger partial charge on any atom is -0.358 e. The van der Waals surface area contributed by atoms with Crippen LogP contribution in [0.4, 0.5) is 17.2 Å². The highest BCUT2D eigenvalue weighted by molar-refractivity contribution is 5.93. The summed E-state index contributed by atoms with van der Waals surface area (Å²) in [6, 6.07) is 30.3. The van der Waals surface area contributed by atoms with Crippen LogP contribution in [-0.2, 0) is 6.42 Å². The number of anilines is 3. The van der Waals surface area contributed by atoms with Gasteiger partial charge in [0.2, 0.25) is 0 Å². The Hall–Kier alpha value is -4.31. The number of benzene rings is 3. The van der Waals surface area contributed by atoms with Gasteiger partial charge in [0.05, 0.1) is 11.2 Å². The Bertz CT molecular complexity index is 1580. The number of aromatic nitrogens is 2. The zero-order valence-electron chi connectivity index (χ0n) is 19.6. The van der Waals surface area contributed by atoms with Crippen molar-refractivity contribution in [3.05, 3.63) is 120 Å². The average Bonchev–Trinajstić information content (AvgIpc) is 3.47. The van der Waals surface area contributed by atoms with Gasteiger partial charge in [0.15, 0.2) is 5.82 Å². The predicted molar refractivity (Wildman–Crippen MR) is 145 cm³/mol. The summed E-state index contributed by atoms with van der Waals surface area (Å²) in [5, 5.41) is 5.08. The lowest BCUT2D eigenvalue weighted by Crippen LogP contribution is -2.23. The lowest BCUT2D eigenvalue weighted by molar-refractivity contribution is 0.818. The highest BCUT2D eigenvalue weighted by Crippen LogP contribution is 2.46. The molecule has 0 saturated heterocycles. The van der Waals surface area contributed by atoms with Gasteiger partial charge in [-0.2, -0.15) is 0 Å². The molecule has 1 N–H and O–H groups in total. The number of allylic oxidation sites excluding steroid dienone is 1. The molecule has 0 bridgehead atoms. The predicted octanol–water partition coefficient (Wildman–Crippen LogP) is 7.56. The smallest absolute Gasteiger partial charge is 0.158 e. The van der Waals surface area contributed by atoms with Crippen molar-refractivity contribution in [3.8, 4) is 5.69 Å². The van der Waals surface area contributed by atoms with Gasteiger partial charge in [-0.3, -0.25) is 4.90 Å². The maximum Gasteiger partial charge on any atom is 0.158 e. The first-order valence-electron chi connectivity index (χ1n) is 12.3. The molecule has 1 aliphatic heterocycles. The number of hydrogen-bond donors (Lipinski definition) is 1. The van der Waals surface area contributed by atoms with Crippen LogP contribution in [0.2, 0.25) is 0 Å². The van der Waals surface area contributed by atoms with E-state index in [1.54, 1.807) is 0 Å². The Morgan fingerprint density at radius 3 is 2.51 bits per heavy atom. The lowest BCUT2D eigenvalue weighted by Gasteiger charge is -2.26. The van der Waals surface area contributed by atoms with Gasteiger partial charge in [-0.1, -0.05) is 60.7 Å². The number of nitrogens with zero attached hydrogens (tertiary/aromatic N) is 3. The van der Waals surface area contributed by atoms with Crippen LogP contribution in [0.1, 0.15) is 35.0 Å². The molecule has 4 nitrogen and oxygen atoms in total. The zero-order chi connectivity index (χ0) is 23.4. The molecule has 5 aromatic rings. The highest BCUT2D eigenvalue weighted by Gasteiger charge is 2.33. The molecule has 3 heterocycles. The minimum absolute atomic E-state index is 0.0201. The first-order valence-corrected chi connectivity index (χ1v) is 12.3. The molecule has 0 saturated carbocycles. The number of rotatable bonds is 3.